The second-order valence-electron chi connectivity index (χ2n) is 9.67. The molecule has 1 amide bonds. The van der Waals surface area contributed by atoms with E-state index in [1.165, 1.54) is 4.90 Å². The second kappa shape index (κ2) is 13.3. The summed E-state index contributed by atoms with van der Waals surface area (Å²) in [6, 6.07) is 9.91. The minimum absolute atomic E-state index is 0.0553. The lowest BCUT2D eigenvalue weighted by Gasteiger charge is -2.27. The van der Waals surface area contributed by atoms with Gasteiger partial charge in [-0.25, -0.2) is 0 Å². The van der Waals surface area contributed by atoms with Crippen molar-refractivity contribution >= 4 is 17.4 Å². The zero-order valence-electron chi connectivity index (χ0n) is 23.4. The molecule has 8 heteroatoms. The number of likely N-dealkylation sites (tertiary alicyclic amines) is 1. The summed E-state index contributed by atoms with van der Waals surface area (Å²) in [6.45, 7) is 7.83. The summed E-state index contributed by atoms with van der Waals surface area (Å²) in [7, 11) is 5.37. The second-order valence-corrected chi connectivity index (χ2v) is 9.67. The maximum absolute atomic E-state index is 13.4. The van der Waals surface area contributed by atoms with Gasteiger partial charge in [0, 0.05) is 18.7 Å². The highest BCUT2D eigenvalue weighted by atomic mass is 16.5. The molecule has 1 heterocycles. The molecule has 1 aliphatic heterocycles. The van der Waals surface area contributed by atoms with Crippen LogP contribution in [0, 0.1) is 6.92 Å². The minimum Gasteiger partial charge on any atom is -0.507 e. The van der Waals surface area contributed by atoms with Crippen molar-refractivity contribution in [1.29, 1.82) is 0 Å². The van der Waals surface area contributed by atoms with Gasteiger partial charge in [-0.2, -0.15) is 0 Å². The van der Waals surface area contributed by atoms with Gasteiger partial charge in [0.15, 0.2) is 11.5 Å². The van der Waals surface area contributed by atoms with E-state index in [1.54, 1.807) is 31.4 Å². The third-order valence-corrected chi connectivity index (χ3v) is 6.60. The molecule has 1 fully saturated rings. The molecule has 8 nitrogen and oxygen atoms in total. The molecule has 0 bridgehead atoms. The summed E-state index contributed by atoms with van der Waals surface area (Å²) in [4.78, 5) is 30.1. The van der Waals surface area contributed by atoms with Crippen LogP contribution in [-0.4, -0.2) is 74.1 Å². The number of benzene rings is 2. The van der Waals surface area contributed by atoms with Crippen molar-refractivity contribution in [3.8, 4) is 17.2 Å². The van der Waals surface area contributed by atoms with Crippen LogP contribution in [0.1, 0.15) is 55.8 Å². The Morgan fingerprint density at radius 2 is 1.79 bits per heavy atom. The SMILES string of the molecule is CCCCCOc1ccc(C2C(=C(O)c3ccc(OCC)cc3C)C(=O)C(=O)N2CCN(C)C)cc1OC. The summed E-state index contributed by atoms with van der Waals surface area (Å²) in [5.74, 6) is 0.220. The zero-order chi connectivity index (χ0) is 27.8. The number of nitrogens with zero attached hydrogens (tertiary/aromatic N) is 2. The van der Waals surface area contributed by atoms with Gasteiger partial charge in [-0.05, 0) is 75.8 Å². The van der Waals surface area contributed by atoms with Crippen molar-refractivity contribution in [3.05, 3.63) is 58.7 Å². The average Bonchev–Trinajstić information content (AvgIpc) is 3.14. The lowest BCUT2D eigenvalue weighted by Crippen LogP contribution is -2.35. The third kappa shape index (κ3) is 6.48. The number of aliphatic hydroxyl groups excluding tert-OH is 1. The van der Waals surface area contributed by atoms with E-state index >= 15 is 0 Å². The number of carbonyl (C=O) groups is 2. The molecule has 0 aromatic heterocycles. The molecule has 206 valence electrons. The van der Waals surface area contributed by atoms with E-state index in [0.717, 1.165) is 24.8 Å². The number of ketones is 1. The normalized spacial score (nSPS) is 16.8. The van der Waals surface area contributed by atoms with Gasteiger partial charge in [0.1, 0.15) is 11.5 Å². The monoisotopic (exact) mass is 524 g/mol. The third-order valence-electron chi connectivity index (χ3n) is 6.60. The number of methoxy groups -OCH3 is 1. The van der Waals surface area contributed by atoms with E-state index < -0.39 is 17.7 Å². The van der Waals surface area contributed by atoms with Gasteiger partial charge in [-0.3, -0.25) is 9.59 Å². The molecule has 0 saturated carbocycles. The predicted octanol–water partition coefficient (Wildman–Crippen LogP) is 4.95. The molecule has 1 saturated heterocycles. The number of likely N-dealkylation sites (N-methyl/N-ethyl adjacent to an activating group) is 1. The highest BCUT2D eigenvalue weighted by molar-refractivity contribution is 6.46. The Balaban J connectivity index is 2.09. The summed E-state index contributed by atoms with van der Waals surface area (Å²) < 4.78 is 17.1. The predicted molar refractivity (Wildman–Crippen MR) is 148 cm³/mol. The molecule has 2 aromatic carbocycles. The van der Waals surface area contributed by atoms with Gasteiger partial charge in [0.05, 0.1) is 31.9 Å². The minimum atomic E-state index is -0.774. The van der Waals surface area contributed by atoms with Crippen LogP contribution in [0.4, 0.5) is 0 Å². The van der Waals surface area contributed by atoms with Crippen LogP contribution in [-0.2, 0) is 9.59 Å². The Morgan fingerprint density at radius 3 is 2.42 bits per heavy atom. The molecule has 1 aliphatic rings. The Labute approximate surface area is 225 Å². The van der Waals surface area contributed by atoms with Crippen LogP contribution in [0.5, 0.6) is 17.2 Å². The number of carbonyl (C=O) groups excluding carboxylic acids is 2. The van der Waals surface area contributed by atoms with Crippen LogP contribution >= 0.6 is 0 Å². The van der Waals surface area contributed by atoms with Gasteiger partial charge >= 0.3 is 0 Å². The molecule has 1 unspecified atom stereocenters. The standard InChI is InChI=1S/C30H40N2O6/c1-7-9-10-17-38-24-14-11-21(19-25(24)36-6)27-26(29(34)30(35)32(27)16-15-31(4)5)28(33)23-13-12-22(37-8-2)18-20(23)3/h11-14,18-19,27,33H,7-10,15-17H2,1-6H3. The van der Waals surface area contributed by atoms with Crippen LogP contribution in [0.25, 0.3) is 5.76 Å². The van der Waals surface area contributed by atoms with Gasteiger partial charge < -0.3 is 29.1 Å². The van der Waals surface area contributed by atoms with Gasteiger partial charge in [0.2, 0.25) is 0 Å². The first-order valence-corrected chi connectivity index (χ1v) is 13.2. The molecule has 38 heavy (non-hydrogen) atoms. The Kier molecular flexibility index (Phi) is 10.2. The molecular weight excluding hydrogens is 484 g/mol. The topological polar surface area (TPSA) is 88.5 Å². The number of rotatable bonds is 13. The van der Waals surface area contributed by atoms with E-state index in [2.05, 4.69) is 6.92 Å². The molecule has 0 radical (unpaired) electrons. The number of amides is 1. The highest BCUT2D eigenvalue weighted by Crippen LogP contribution is 2.42. The first-order chi connectivity index (χ1) is 18.2. The maximum atomic E-state index is 13.4. The van der Waals surface area contributed by atoms with Crippen LogP contribution in [0.3, 0.4) is 0 Å². The quantitative estimate of drug-likeness (QED) is 0.172. The molecule has 1 N–H and O–H groups in total. The molecule has 0 spiro atoms. The lowest BCUT2D eigenvalue weighted by atomic mass is 9.93. The fourth-order valence-electron chi connectivity index (χ4n) is 4.58. The van der Waals surface area contributed by atoms with Gasteiger partial charge in [-0.1, -0.05) is 25.8 Å². The van der Waals surface area contributed by atoms with Crippen LogP contribution in [0.2, 0.25) is 0 Å². The maximum Gasteiger partial charge on any atom is 0.295 e. The fraction of sp³-hybridized carbons (Fsp3) is 0.467. The number of aliphatic hydroxyl groups is 1. The number of Topliss-reactive ketones (excluding diaryl/α,β-unsaturated/α-hetero) is 1. The largest absolute Gasteiger partial charge is 0.507 e. The molecular formula is C30H40N2O6. The molecule has 3 rings (SSSR count). The van der Waals surface area contributed by atoms with E-state index in [1.807, 2.05) is 45.0 Å². The van der Waals surface area contributed by atoms with Gasteiger partial charge in [0.25, 0.3) is 11.7 Å². The Morgan fingerprint density at radius 1 is 1.03 bits per heavy atom. The van der Waals surface area contributed by atoms with E-state index in [0.29, 0.717) is 54.7 Å². The van der Waals surface area contributed by atoms with Crippen LogP contribution in [0.15, 0.2) is 42.0 Å². The van der Waals surface area contributed by atoms with E-state index in [-0.39, 0.29) is 11.3 Å². The van der Waals surface area contributed by atoms with Crippen molar-refractivity contribution in [1.82, 2.24) is 9.80 Å². The van der Waals surface area contributed by atoms with E-state index in [4.69, 9.17) is 14.2 Å². The summed E-state index contributed by atoms with van der Waals surface area (Å²) in [5.41, 5.74) is 1.93. The average molecular weight is 525 g/mol. The number of ether oxygens (including phenoxy) is 3. The Bertz CT molecular complexity index is 1170. The van der Waals surface area contributed by atoms with Crippen molar-refractivity contribution < 1.29 is 28.9 Å². The van der Waals surface area contributed by atoms with Crippen molar-refractivity contribution in [3.63, 3.8) is 0 Å². The molecule has 1 atom stereocenters. The van der Waals surface area contributed by atoms with Crippen LogP contribution < -0.4 is 14.2 Å². The van der Waals surface area contributed by atoms with Crippen molar-refractivity contribution in [2.24, 2.45) is 0 Å². The number of unbranched alkanes of at least 4 members (excludes halogenated alkanes) is 2. The first-order valence-electron chi connectivity index (χ1n) is 13.2. The highest BCUT2D eigenvalue weighted by Gasteiger charge is 2.46. The fourth-order valence-corrected chi connectivity index (χ4v) is 4.58. The van der Waals surface area contributed by atoms with Crippen molar-refractivity contribution in [2.45, 2.75) is 46.1 Å². The van der Waals surface area contributed by atoms with Gasteiger partial charge in [-0.15, -0.1) is 0 Å². The lowest BCUT2D eigenvalue weighted by molar-refractivity contribution is -0.140. The smallest absolute Gasteiger partial charge is 0.295 e. The number of aryl methyl sites for hydroxylation is 1. The van der Waals surface area contributed by atoms with Crippen molar-refractivity contribution in [2.75, 3.05) is 47.5 Å². The first kappa shape index (κ1) is 29.0. The summed E-state index contributed by atoms with van der Waals surface area (Å²) in [6.07, 6.45) is 3.11. The summed E-state index contributed by atoms with van der Waals surface area (Å²) >= 11 is 0. The van der Waals surface area contributed by atoms with E-state index in [9.17, 15) is 14.7 Å². The molecule has 2 aromatic rings. The number of hydrogen-bond donors (Lipinski definition) is 1. The summed E-state index contributed by atoms with van der Waals surface area (Å²) in [5, 5.41) is 11.5. The number of hydrogen-bond acceptors (Lipinski definition) is 7. The molecule has 0 aliphatic carbocycles. The zero-order valence-corrected chi connectivity index (χ0v) is 23.4. The Hall–Kier alpha value is -3.52.